The second-order valence-corrected chi connectivity index (χ2v) is 6.20. The smallest absolute Gasteiger partial charge is 0.387 e. The first-order valence-electron chi connectivity index (χ1n) is 8.12. The Morgan fingerprint density at radius 1 is 1.42 bits per heavy atom. The van der Waals surface area contributed by atoms with Gasteiger partial charge in [-0.15, -0.1) is 0 Å². The highest BCUT2D eigenvalue weighted by Crippen LogP contribution is 2.20. The number of likely N-dealkylation sites (N-methyl/N-ethyl adjacent to an activating group) is 1. The van der Waals surface area contributed by atoms with E-state index < -0.39 is 12.6 Å². The number of nitrogens with zero attached hydrogens (tertiary/aromatic N) is 2. The van der Waals surface area contributed by atoms with Crippen LogP contribution in [0.1, 0.15) is 24.8 Å². The van der Waals surface area contributed by atoms with E-state index in [-0.39, 0.29) is 18.3 Å². The maximum absolute atomic E-state index is 12.3. The fourth-order valence-electron chi connectivity index (χ4n) is 3.16. The fourth-order valence-corrected chi connectivity index (χ4v) is 3.16. The first kappa shape index (κ1) is 18.6. The van der Waals surface area contributed by atoms with E-state index in [1.165, 1.54) is 6.07 Å². The number of carbonyl (C=O) groups is 1. The topological polar surface area (TPSA) is 53.0 Å². The number of rotatable bonds is 7. The van der Waals surface area contributed by atoms with E-state index in [0.29, 0.717) is 6.54 Å². The molecule has 0 radical (unpaired) electrons. The zero-order valence-corrected chi connectivity index (χ0v) is 13.8. The van der Waals surface area contributed by atoms with Gasteiger partial charge in [0.1, 0.15) is 5.75 Å². The Labute approximate surface area is 140 Å². The molecular formula is C17H24F2N2O3. The van der Waals surface area contributed by atoms with Crippen molar-refractivity contribution in [1.29, 1.82) is 0 Å². The first-order valence-corrected chi connectivity index (χ1v) is 8.12. The lowest BCUT2D eigenvalue weighted by Crippen LogP contribution is -2.36. The van der Waals surface area contributed by atoms with Gasteiger partial charge in [0.2, 0.25) is 0 Å². The van der Waals surface area contributed by atoms with E-state index in [2.05, 4.69) is 9.64 Å². The average molecular weight is 342 g/mol. The minimum absolute atomic E-state index is 0.0533. The van der Waals surface area contributed by atoms with Crippen molar-refractivity contribution in [2.24, 2.45) is 0 Å². The Morgan fingerprint density at radius 2 is 2.21 bits per heavy atom. The van der Waals surface area contributed by atoms with Crippen molar-refractivity contribution in [3.8, 4) is 5.75 Å². The number of hydrogen-bond donors (Lipinski definition) is 1. The molecule has 1 aliphatic rings. The van der Waals surface area contributed by atoms with Crippen LogP contribution in [0.5, 0.6) is 5.75 Å². The zero-order chi connectivity index (χ0) is 17.5. The van der Waals surface area contributed by atoms with E-state index in [1.54, 1.807) is 12.1 Å². The molecule has 1 heterocycles. The van der Waals surface area contributed by atoms with Crippen molar-refractivity contribution in [2.45, 2.75) is 38.5 Å². The lowest BCUT2D eigenvalue weighted by Gasteiger charge is -2.25. The van der Waals surface area contributed by atoms with Crippen LogP contribution in [0.15, 0.2) is 24.3 Å². The number of carboxylic acids is 1. The minimum Gasteiger partial charge on any atom is -0.480 e. The monoisotopic (exact) mass is 342 g/mol. The third kappa shape index (κ3) is 6.05. The molecule has 1 unspecified atom stereocenters. The molecule has 0 aromatic heterocycles. The van der Waals surface area contributed by atoms with Gasteiger partial charge >= 0.3 is 12.6 Å². The van der Waals surface area contributed by atoms with Gasteiger partial charge in [-0.1, -0.05) is 12.1 Å². The Balaban J connectivity index is 1.89. The summed E-state index contributed by atoms with van der Waals surface area (Å²) in [7, 11) is 1.85. The maximum Gasteiger partial charge on any atom is 0.387 e. The molecule has 1 aromatic carbocycles. The molecule has 1 saturated heterocycles. The molecule has 1 N–H and O–H groups in total. The summed E-state index contributed by atoms with van der Waals surface area (Å²) < 4.78 is 29.0. The van der Waals surface area contributed by atoms with Crippen LogP contribution in [0.2, 0.25) is 0 Å². The number of likely N-dealkylation sites (tertiary alicyclic amines) is 1. The molecule has 1 aromatic rings. The van der Waals surface area contributed by atoms with Crippen LogP contribution in [0, 0.1) is 0 Å². The summed E-state index contributed by atoms with van der Waals surface area (Å²) >= 11 is 0. The molecule has 2 rings (SSSR count). The van der Waals surface area contributed by atoms with Crippen molar-refractivity contribution in [3.63, 3.8) is 0 Å². The van der Waals surface area contributed by atoms with Crippen molar-refractivity contribution in [2.75, 3.05) is 26.7 Å². The normalized spacial score (nSPS) is 19.5. The number of ether oxygens (including phenoxy) is 1. The molecule has 0 saturated carbocycles. The van der Waals surface area contributed by atoms with Crippen molar-refractivity contribution < 1.29 is 23.4 Å². The summed E-state index contributed by atoms with van der Waals surface area (Å²) in [5.74, 6) is -0.633. The molecule has 5 nitrogen and oxygen atoms in total. The SMILES string of the molecule is CN(CC(=O)O)C1CCCN(Cc2cccc(OC(F)F)c2)CC1. The fraction of sp³-hybridized carbons (Fsp3) is 0.588. The molecule has 0 bridgehead atoms. The van der Waals surface area contributed by atoms with Gasteiger partial charge < -0.3 is 9.84 Å². The summed E-state index contributed by atoms with van der Waals surface area (Å²) in [6, 6.07) is 7.05. The Morgan fingerprint density at radius 3 is 2.92 bits per heavy atom. The molecule has 24 heavy (non-hydrogen) atoms. The minimum atomic E-state index is -2.82. The van der Waals surface area contributed by atoms with Gasteiger partial charge in [-0.2, -0.15) is 8.78 Å². The van der Waals surface area contributed by atoms with Gasteiger partial charge in [-0.05, 0) is 57.1 Å². The van der Waals surface area contributed by atoms with E-state index in [1.807, 2.05) is 18.0 Å². The summed E-state index contributed by atoms with van der Waals surface area (Å²) in [5, 5.41) is 8.90. The molecule has 1 aliphatic heterocycles. The number of aliphatic carboxylic acids is 1. The molecule has 1 atom stereocenters. The van der Waals surface area contributed by atoms with E-state index >= 15 is 0 Å². The molecular weight excluding hydrogens is 318 g/mol. The Hall–Kier alpha value is -1.73. The summed E-state index contributed by atoms with van der Waals surface area (Å²) in [6.07, 6.45) is 2.85. The van der Waals surface area contributed by atoms with E-state index in [9.17, 15) is 13.6 Å². The standard InChI is InChI=1S/C17H24F2N2O3/c1-20(12-16(22)23)14-5-3-8-21(9-7-14)11-13-4-2-6-15(10-13)24-17(18)19/h2,4,6,10,14,17H,3,5,7-9,11-12H2,1H3,(H,22,23). The average Bonchev–Trinajstić information content (AvgIpc) is 2.72. The quantitative estimate of drug-likeness (QED) is 0.826. The molecule has 134 valence electrons. The number of hydrogen-bond acceptors (Lipinski definition) is 4. The summed E-state index contributed by atoms with van der Waals surface area (Å²) in [5.41, 5.74) is 0.936. The summed E-state index contributed by atoms with van der Waals surface area (Å²) in [4.78, 5) is 15.0. The van der Waals surface area contributed by atoms with Gasteiger partial charge in [-0.3, -0.25) is 14.6 Å². The highest BCUT2D eigenvalue weighted by molar-refractivity contribution is 5.69. The van der Waals surface area contributed by atoms with Gasteiger partial charge in [0.15, 0.2) is 0 Å². The molecule has 0 amide bonds. The van der Waals surface area contributed by atoms with Crippen LogP contribution in [0.3, 0.4) is 0 Å². The summed E-state index contributed by atoms with van der Waals surface area (Å²) in [6.45, 7) is -0.316. The maximum atomic E-state index is 12.3. The second kappa shape index (κ2) is 8.94. The predicted octanol–water partition coefficient (Wildman–Crippen LogP) is 2.66. The van der Waals surface area contributed by atoms with Gasteiger partial charge in [0.25, 0.3) is 0 Å². The second-order valence-electron chi connectivity index (χ2n) is 6.20. The highest BCUT2D eigenvalue weighted by Gasteiger charge is 2.21. The van der Waals surface area contributed by atoms with Gasteiger partial charge in [-0.25, -0.2) is 0 Å². The molecule has 0 spiro atoms. The van der Waals surface area contributed by atoms with Crippen LogP contribution in [-0.4, -0.2) is 60.2 Å². The number of carboxylic acid groups (broad SMARTS) is 1. The van der Waals surface area contributed by atoms with Crippen LogP contribution >= 0.6 is 0 Å². The molecule has 0 aliphatic carbocycles. The Bertz CT molecular complexity index is 542. The van der Waals surface area contributed by atoms with Crippen LogP contribution in [0.4, 0.5) is 8.78 Å². The van der Waals surface area contributed by atoms with E-state index in [4.69, 9.17) is 5.11 Å². The largest absolute Gasteiger partial charge is 0.480 e. The first-order chi connectivity index (χ1) is 11.4. The molecule has 1 fully saturated rings. The van der Waals surface area contributed by atoms with E-state index in [0.717, 1.165) is 37.9 Å². The van der Waals surface area contributed by atoms with Crippen LogP contribution < -0.4 is 4.74 Å². The predicted molar refractivity (Wildman–Crippen MR) is 86.3 cm³/mol. The highest BCUT2D eigenvalue weighted by atomic mass is 19.3. The lowest BCUT2D eigenvalue weighted by atomic mass is 10.1. The Kier molecular flexibility index (Phi) is 6.93. The number of alkyl halides is 2. The number of benzene rings is 1. The van der Waals surface area contributed by atoms with Crippen molar-refractivity contribution in [1.82, 2.24) is 9.80 Å². The number of halogens is 2. The van der Waals surface area contributed by atoms with Crippen molar-refractivity contribution in [3.05, 3.63) is 29.8 Å². The van der Waals surface area contributed by atoms with Gasteiger partial charge in [0, 0.05) is 12.6 Å². The van der Waals surface area contributed by atoms with Crippen LogP contribution in [0.25, 0.3) is 0 Å². The van der Waals surface area contributed by atoms with Crippen molar-refractivity contribution >= 4 is 5.97 Å². The third-order valence-electron chi connectivity index (χ3n) is 4.33. The zero-order valence-electron chi connectivity index (χ0n) is 13.8. The van der Waals surface area contributed by atoms with Crippen LogP contribution in [-0.2, 0) is 11.3 Å². The van der Waals surface area contributed by atoms with Gasteiger partial charge in [0.05, 0.1) is 6.54 Å². The molecule has 7 heteroatoms. The lowest BCUT2D eigenvalue weighted by molar-refractivity contribution is -0.138. The third-order valence-corrected chi connectivity index (χ3v) is 4.33.